The molecule has 0 fully saturated rings. The van der Waals surface area contributed by atoms with Gasteiger partial charge in [-0.2, -0.15) is 0 Å². The van der Waals surface area contributed by atoms with Crippen molar-refractivity contribution in [1.82, 2.24) is 0 Å². The molecule has 2 aromatic carbocycles. The van der Waals surface area contributed by atoms with Gasteiger partial charge in [-0.15, -0.1) is 0 Å². The van der Waals surface area contributed by atoms with Crippen molar-refractivity contribution in [1.29, 1.82) is 0 Å². The molecule has 0 spiro atoms. The number of aromatic hydroxyl groups is 1. The molecule has 2 rings (SSSR count). The predicted octanol–water partition coefficient (Wildman–Crippen LogP) is 6.53. The lowest BCUT2D eigenvalue weighted by molar-refractivity contribution is 0.478. The van der Waals surface area contributed by atoms with E-state index in [4.69, 9.17) is 0 Å². The van der Waals surface area contributed by atoms with Crippen LogP contribution in [0.3, 0.4) is 0 Å². The number of para-hydroxylation sites is 1. The average Bonchev–Trinajstić information content (AvgIpc) is 2.75. The van der Waals surface area contributed by atoms with E-state index in [1.165, 1.54) is 69.6 Å². The van der Waals surface area contributed by atoms with Gasteiger partial charge in [-0.25, -0.2) is 8.42 Å². The fraction of sp³-hybridized carbons (Fsp3) is 0.500. The van der Waals surface area contributed by atoms with Crippen LogP contribution in [0.15, 0.2) is 53.4 Å². The number of sulfonamides is 1. The smallest absolute Gasteiger partial charge is 0.262 e. The minimum atomic E-state index is -3.76. The van der Waals surface area contributed by atoms with E-state index in [0.29, 0.717) is 5.69 Å². The zero-order valence-electron chi connectivity index (χ0n) is 18.1. The minimum Gasteiger partial charge on any atom is -0.506 e. The first-order valence-electron chi connectivity index (χ1n) is 11.2. The molecule has 0 radical (unpaired) electrons. The summed E-state index contributed by atoms with van der Waals surface area (Å²) in [7, 11) is -3.76. The summed E-state index contributed by atoms with van der Waals surface area (Å²) in [6, 6.07) is 13.1. The van der Waals surface area contributed by atoms with Gasteiger partial charge in [0.2, 0.25) is 0 Å². The number of phenolic OH excluding ortho intramolecular Hbond substituents is 1. The van der Waals surface area contributed by atoms with E-state index in [0.717, 1.165) is 19.4 Å². The molecule has 0 bridgehead atoms. The minimum absolute atomic E-state index is 0.0948. The lowest BCUT2D eigenvalue weighted by Gasteiger charge is -2.15. The number of rotatable bonds is 15. The Morgan fingerprint density at radius 2 is 1.37 bits per heavy atom. The standard InChI is InChI=1S/C24H36N2O3S/c1-2-3-4-5-6-7-8-9-10-14-20-25-22-18-15-19-23(27)24(22)26-30(28,29)21-16-12-11-13-17-21/h11-13,15-19,25-27H,2-10,14,20H2,1H3. The first-order chi connectivity index (χ1) is 14.5. The van der Waals surface area contributed by atoms with Gasteiger partial charge in [0.15, 0.2) is 0 Å². The van der Waals surface area contributed by atoms with Crippen LogP contribution in [-0.2, 0) is 10.0 Å². The van der Waals surface area contributed by atoms with Crippen molar-refractivity contribution in [2.24, 2.45) is 0 Å². The lowest BCUT2D eigenvalue weighted by atomic mass is 10.1. The van der Waals surface area contributed by atoms with Crippen molar-refractivity contribution in [3.8, 4) is 5.75 Å². The van der Waals surface area contributed by atoms with Gasteiger partial charge in [0.25, 0.3) is 10.0 Å². The van der Waals surface area contributed by atoms with Crippen LogP contribution in [0, 0.1) is 0 Å². The summed E-state index contributed by atoms with van der Waals surface area (Å²) in [4.78, 5) is 0.161. The van der Waals surface area contributed by atoms with Crippen molar-refractivity contribution < 1.29 is 13.5 Å². The molecule has 0 aromatic heterocycles. The topological polar surface area (TPSA) is 78.4 Å². The largest absolute Gasteiger partial charge is 0.506 e. The Balaban J connectivity index is 1.77. The molecule has 0 atom stereocenters. The van der Waals surface area contributed by atoms with E-state index >= 15 is 0 Å². The Labute approximate surface area is 182 Å². The van der Waals surface area contributed by atoms with Crippen molar-refractivity contribution in [2.45, 2.75) is 76.0 Å². The molecular formula is C24H36N2O3S. The molecule has 0 saturated carbocycles. The van der Waals surface area contributed by atoms with Crippen molar-refractivity contribution in [2.75, 3.05) is 16.6 Å². The number of nitrogens with one attached hydrogen (secondary N) is 2. The fourth-order valence-electron chi connectivity index (χ4n) is 3.42. The molecule has 0 unspecified atom stereocenters. The highest BCUT2D eigenvalue weighted by atomic mass is 32.2. The Hall–Kier alpha value is -2.21. The van der Waals surface area contributed by atoms with Crippen molar-refractivity contribution in [3.05, 3.63) is 48.5 Å². The summed E-state index contributed by atoms with van der Waals surface area (Å²) < 4.78 is 27.8. The van der Waals surface area contributed by atoms with Crippen LogP contribution in [0.1, 0.15) is 71.1 Å². The van der Waals surface area contributed by atoms with Crippen LogP contribution in [-0.4, -0.2) is 20.1 Å². The molecule has 0 aliphatic heterocycles. The molecule has 0 aliphatic carbocycles. The Bertz CT molecular complexity index is 839. The molecule has 30 heavy (non-hydrogen) atoms. The number of anilines is 2. The van der Waals surface area contributed by atoms with Crippen molar-refractivity contribution in [3.63, 3.8) is 0 Å². The average molecular weight is 433 g/mol. The third-order valence-electron chi connectivity index (χ3n) is 5.18. The summed E-state index contributed by atoms with van der Waals surface area (Å²) in [5, 5.41) is 13.5. The molecule has 3 N–H and O–H groups in total. The first-order valence-corrected chi connectivity index (χ1v) is 12.7. The van der Waals surface area contributed by atoms with E-state index in [1.807, 2.05) is 0 Å². The molecule has 0 amide bonds. The number of phenols is 1. The van der Waals surface area contributed by atoms with E-state index < -0.39 is 10.0 Å². The molecular weight excluding hydrogens is 396 g/mol. The first kappa shape index (κ1) is 24.1. The monoisotopic (exact) mass is 432 g/mol. The maximum Gasteiger partial charge on any atom is 0.262 e. The predicted molar refractivity (Wildman–Crippen MR) is 126 cm³/mol. The van der Waals surface area contributed by atoms with E-state index in [1.54, 1.807) is 30.3 Å². The van der Waals surface area contributed by atoms with Gasteiger partial charge >= 0.3 is 0 Å². The zero-order valence-corrected chi connectivity index (χ0v) is 18.9. The lowest BCUT2D eigenvalue weighted by Crippen LogP contribution is -2.15. The zero-order chi connectivity index (χ0) is 21.7. The van der Waals surface area contributed by atoms with Gasteiger partial charge in [-0.05, 0) is 30.7 Å². The quantitative estimate of drug-likeness (QED) is 0.221. The number of unbranched alkanes of at least 4 members (excludes halogenated alkanes) is 9. The summed E-state index contributed by atoms with van der Waals surface area (Å²) in [6.07, 6.45) is 12.7. The molecule has 166 valence electrons. The van der Waals surface area contributed by atoms with Crippen LogP contribution in [0.2, 0.25) is 0 Å². The van der Waals surface area contributed by atoms with Gasteiger partial charge < -0.3 is 10.4 Å². The van der Waals surface area contributed by atoms with E-state index in [9.17, 15) is 13.5 Å². The summed E-state index contributed by atoms with van der Waals surface area (Å²) >= 11 is 0. The Morgan fingerprint density at radius 3 is 2.00 bits per heavy atom. The number of benzene rings is 2. The normalized spacial score (nSPS) is 11.4. The van der Waals surface area contributed by atoms with Gasteiger partial charge in [0.05, 0.1) is 10.6 Å². The SMILES string of the molecule is CCCCCCCCCCCCNc1cccc(O)c1NS(=O)(=O)c1ccccc1. The Kier molecular flexibility index (Phi) is 10.6. The highest BCUT2D eigenvalue weighted by Crippen LogP contribution is 2.33. The summed E-state index contributed by atoms with van der Waals surface area (Å²) in [6.45, 7) is 2.98. The van der Waals surface area contributed by atoms with Crippen LogP contribution in [0.4, 0.5) is 11.4 Å². The highest BCUT2D eigenvalue weighted by molar-refractivity contribution is 7.92. The second kappa shape index (κ2) is 13.2. The van der Waals surface area contributed by atoms with Gasteiger partial charge in [0, 0.05) is 6.54 Å². The fourth-order valence-corrected chi connectivity index (χ4v) is 4.54. The number of hydrogen-bond donors (Lipinski definition) is 3. The molecule has 0 aliphatic rings. The number of hydrogen-bond acceptors (Lipinski definition) is 4. The third kappa shape index (κ3) is 8.27. The third-order valence-corrected chi connectivity index (χ3v) is 6.54. The van der Waals surface area contributed by atoms with Crippen LogP contribution in [0.25, 0.3) is 0 Å². The maximum atomic E-state index is 12.6. The van der Waals surface area contributed by atoms with Gasteiger partial charge in [0.1, 0.15) is 11.4 Å². The second-order valence-electron chi connectivity index (χ2n) is 7.73. The highest BCUT2D eigenvalue weighted by Gasteiger charge is 2.18. The van der Waals surface area contributed by atoms with Crippen LogP contribution in [0.5, 0.6) is 5.75 Å². The van der Waals surface area contributed by atoms with Crippen LogP contribution >= 0.6 is 0 Å². The van der Waals surface area contributed by atoms with E-state index in [-0.39, 0.29) is 16.3 Å². The summed E-state index contributed by atoms with van der Waals surface area (Å²) in [5.74, 6) is -0.0948. The van der Waals surface area contributed by atoms with Crippen molar-refractivity contribution >= 4 is 21.4 Å². The second-order valence-corrected chi connectivity index (χ2v) is 9.41. The van der Waals surface area contributed by atoms with E-state index in [2.05, 4.69) is 17.0 Å². The van der Waals surface area contributed by atoms with Gasteiger partial charge in [-0.3, -0.25) is 4.72 Å². The maximum absolute atomic E-state index is 12.6. The summed E-state index contributed by atoms with van der Waals surface area (Å²) in [5.41, 5.74) is 0.777. The molecule has 5 nitrogen and oxygen atoms in total. The molecule has 0 heterocycles. The molecule has 6 heteroatoms. The molecule has 2 aromatic rings. The van der Waals surface area contributed by atoms with Crippen LogP contribution < -0.4 is 10.0 Å². The Morgan fingerprint density at radius 1 is 0.767 bits per heavy atom. The van der Waals surface area contributed by atoms with Gasteiger partial charge in [-0.1, -0.05) is 89.0 Å². The molecule has 0 saturated heterocycles.